The number of fused-ring (bicyclic) bond motifs is 1. The molecular weight excluding hydrogens is 384 g/mol. The molecule has 0 saturated heterocycles. The summed E-state index contributed by atoms with van der Waals surface area (Å²) in [5.74, 6) is 0.516. The number of para-hydroxylation sites is 2. The molecule has 0 spiro atoms. The summed E-state index contributed by atoms with van der Waals surface area (Å²) in [6.45, 7) is 0.984. The van der Waals surface area contributed by atoms with Gasteiger partial charge in [-0.25, -0.2) is 0 Å². The third kappa shape index (κ3) is 5.12. The molecule has 2 amide bonds. The zero-order chi connectivity index (χ0) is 20.1. The molecule has 0 unspecified atom stereocenters. The van der Waals surface area contributed by atoms with E-state index in [1.165, 1.54) is 30.6 Å². The number of carbonyl (C=O) groups excluding carboxylic acids is 2. The lowest BCUT2D eigenvalue weighted by Gasteiger charge is -2.29. The van der Waals surface area contributed by atoms with Crippen LogP contribution >= 0.6 is 11.8 Å². The number of hydrogen-bond acceptors (Lipinski definition) is 4. The molecule has 0 bridgehead atoms. The van der Waals surface area contributed by atoms with E-state index < -0.39 is 0 Å². The molecule has 1 heterocycles. The minimum absolute atomic E-state index is 0.0563. The SMILES string of the molecule is O=C(CCC(=O)N1CCOc2ccccc21)Nc1ccc(SC2CCCC2)cc1. The predicted molar refractivity (Wildman–Crippen MR) is 117 cm³/mol. The van der Waals surface area contributed by atoms with E-state index >= 15 is 0 Å². The molecule has 0 aromatic heterocycles. The van der Waals surface area contributed by atoms with E-state index in [4.69, 9.17) is 4.74 Å². The standard InChI is InChI=1S/C23H26N2O3S/c26-22(24-17-9-11-19(12-10-17)29-18-5-1-2-6-18)13-14-23(27)25-15-16-28-21-8-4-3-7-20(21)25/h3-4,7-12,18H,1-2,5-6,13-16H2,(H,24,26). The average Bonchev–Trinajstić information content (AvgIpc) is 3.26. The number of amides is 2. The summed E-state index contributed by atoms with van der Waals surface area (Å²) in [6, 6.07) is 15.5. The van der Waals surface area contributed by atoms with Gasteiger partial charge in [0.2, 0.25) is 11.8 Å². The van der Waals surface area contributed by atoms with Crippen LogP contribution in [0.25, 0.3) is 0 Å². The maximum absolute atomic E-state index is 12.6. The van der Waals surface area contributed by atoms with Crippen LogP contribution in [0, 0.1) is 0 Å². The first-order chi connectivity index (χ1) is 14.2. The first-order valence-electron chi connectivity index (χ1n) is 10.3. The van der Waals surface area contributed by atoms with E-state index in [2.05, 4.69) is 17.4 Å². The lowest BCUT2D eigenvalue weighted by Crippen LogP contribution is -2.38. The molecule has 6 heteroatoms. The first-order valence-corrected chi connectivity index (χ1v) is 11.2. The minimum atomic E-state index is -0.143. The third-order valence-corrected chi connectivity index (χ3v) is 6.69. The van der Waals surface area contributed by atoms with Gasteiger partial charge < -0.3 is 15.0 Å². The zero-order valence-corrected chi connectivity index (χ0v) is 17.2. The van der Waals surface area contributed by atoms with Gasteiger partial charge in [0, 0.05) is 28.7 Å². The van der Waals surface area contributed by atoms with Crippen LogP contribution in [0.1, 0.15) is 38.5 Å². The van der Waals surface area contributed by atoms with Crippen LogP contribution < -0.4 is 15.0 Å². The fourth-order valence-electron chi connectivity index (χ4n) is 3.82. The van der Waals surface area contributed by atoms with Crippen LogP contribution in [0.2, 0.25) is 0 Å². The Morgan fingerprint density at radius 3 is 2.59 bits per heavy atom. The Bertz CT molecular complexity index is 863. The normalized spacial score (nSPS) is 16.2. The molecule has 2 aliphatic rings. The molecule has 5 nitrogen and oxygen atoms in total. The molecule has 1 aliphatic heterocycles. The van der Waals surface area contributed by atoms with Gasteiger partial charge >= 0.3 is 0 Å². The molecule has 0 atom stereocenters. The number of nitrogens with one attached hydrogen (secondary N) is 1. The van der Waals surface area contributed by atoms with Gasteiger partial charge in [0.05, 0.1) is 12.2 Å². The third-order valence-electron chi connectivity index (χ3n) is 5.34. The molecule has 4 rings (SSSR count). The van der Waals surface area contributed by atoms with Crippen molar-refractivity contribution in [3.63, 3.8) is 0 Å². The van der Waals surface area contributed by atoms with Crippen molar-refractivity contribution in [2.75, 3.05) is 23.4 Å². The first kappa shape index (κ1) is 19.8. The van der Waals surface area contributed by atoms with Crippen molar-refractivity contribution in [3.8, 4) is 5.75 Å². The van der Waals surface area contributed by atoms with Crippen LogP contribution in [-0.2, 0) is 9.59 Å². The zero-order valence-electron chi connectivity index (χ0n) is 16.4. The Labute approximate surface area is 175 Å². The van der Waals surface area contributed by atoms with Crippen molar-refractivity contribution in [2.24, 2.45) is 0 Å². The maximum Gasteiger partial charge on any atom is 0.227 e. The fourth-order valence-corrected chi connectivity index (χ4v) is 5.07. The van der Waals surface area contributed by atoms with Crippen molar-refractivity contribution >= 4 is 35.0 Å². The lowest BCUT2D eigenvalue weighted by molar-refractivity contribution is -0.122. The van der Waals surface area contributed by atoms with Crippen LogP contribution in [0.4, 0.5) is 11.4 Å². The van der Waals surface area contributed by atoms with Gasteiger partial charge in [-0.15, -0.1) is 11.8 Å². The molecule has 1 aliphatic carbocycles. The quantitative estimate of drug-likeness (QED) is 0.738. The molecule has 152 valence electrons. The van der Waals surface area contributed by atoms with Crippen molar-refractivity contribution in [3.05, 3.63) is 48.5 Å². The van der Waals surface area contributed by atoms with E-state index in [1.54, 1.807) is 4.90 Å². The summed E-state index contributed by atoms with van der Waals surface area (Å²) in [5, 5.41) is 3.63. The Hall–Kier alpha value is -2.47. The lowest BCUT2D eigenvalue weighted by atomic mass is 10.2. The van der Waals surface area contributed by atoms with E-state index in [0.717, 1.165) is 16.6 Å². The van der Waals surface area contributed by atoms with E-state index in [0.29, 0.717) is 18.9 Å². The predicted octanol–water partition coefficient (Wildman–Crippen LogP) is 4.87. The second-order valence-corrected chi connectivity index (χ2v) is 8.83. The average molecular weight is 411 g/mol. The highest BCUT2D eigenvalue weighted by atomic mass is 32.2. The van der Waals surface area contributed by atoms with Crippen molar-refractivity contribution in [1.82, 2.24) is 0 Å². The molecule has 1 saturated carbocycles. The van der Waals surface area contributed by atoms with Crippen molar-refractivity contribution in [1.29, 1.82) is 0 Å². The van der Waals surface area contributed by atoms with Crippen molar-refractivity contribution in [2.45, 2.75) is 48.7 Å². The second kappa shape index (κ2) is 9.35. The van der Waals surface area contributed by atoms with E-state index in [-0.39, 0.29) is 24.7 Å². The topological polar surface area (TPSA) is 58.6 Å². The number of nitrogens with zero attached hydrogens (tertiary/aromatic N) is 1. The van der Waals surface area contributed by atoms with Gasteiger partial charge in [-0.2, -0.15) is 0 Å². The number of rotatable bonds is 6. The molecule has 0 radical (unpaired) electrons. The summed E-state index contributed by atoms with van der Waals surface area (Å²) in [4.78, 5) is 27.9. The number of thioether (sulfide) groups is 1. The highest BCUT2D eigenvalue weighted by Crippen LogP contribution is 2.35. The molecule has 2 aromatic carbocycles. The summed E-state index contributed by atoms with van der Waals surface area (Å²) >= 11 is 1.93. The minimum Gasteiger partial charge on any atom is -0.490 e. The van der Waals surface area contributed by atoms with Gasteiger partial charge in [-0.05, 0) is 49.2 Å². The fraction of sp³-hybridized carbons (Fsp3) is 0.391. The van der Waals surface area contributed by atoms with Crippen LogP contribution in [0.5, 0.6) is 5.75 Å². The van der Waals surface area contributed by atoms with Gasteiger partial charge in [-0.3, -0.25) is 9.59 Å². The number of anilines is 2. The number of ether oxygens (including phenoxy) is 1. The smallest absolute Gasteiger partial charge is 0.227 e. The molecule has 1 N–H and O–H groups in total. The Kier molecular flexibility index (Phi) is 6.39. The molecule has 2 aromatic rings. The molecular formula is C23H26N2O3S. The maximum atomic E-state index is 12.6. The van der Waals surface area contributed by atoms with Crippen LogP contribution in [-0.4, -0.2) is 30.2 Å². The van der Waals surface area contributed by atoms with E-state index in [9.17, 15) is 9.59 Å². The second-order valence-electron chi connectivity index (χ2n) is 7.46. The van der Waals surface area contributed by atoms with Gasteiger partial charge in [0.25, 0.3) is 0 Å². The Morgan fingerprint density at radius 2 is 1.79 bits per heavy atom. The van der Waals surface area contributed by atoms with Gasteiger partial charge in [0.15, 0.2) is 0 Å². The number of benzene rings is 2. The van der Waals surface area contributed by atoms with Crippen LogP contribution in [0.3, 0.4) is 0 Å². The van der Waals surface area contributed by atoms with E-state index in [1.807, 2.05) is 48.2 Å². The van der Waals surface area contributed by atoms with Gasteiger partial charge in [0.1, 0.15) is 12.4 Å². The number of hydrogen-bond donors (Lipinski definition) is 1. The summed E-state index contributed by atoms with van der Waals surface area (Å²) in [6.07, 6.45) is 5.60. The summed E-state index contributed by atoms with van der Waals surface area (Å²) in [7, 11) is 0. The monoisotopic (exact) mass is 410 g/mol. The Balaban J connectivity index is 1.26. The van der Waals surface area contributed by atoms with Crippen LogP contribution in [0.15, 0.2) is 53.4 Å². The largest absolute Gasteiger partial charge is 0.490 e. The number of carbonyl (C=O) groups is 2. The summed E-state index contributed by atoms with van der Waals surface area (Å²) in [5.41, 5.74) is 1.55. The highest BCUT2D eigenvalue weighted by molar-refractivity contribution is 8.00. The molecule has 1 fully saturated rings. The highest BCUT2D eigenvalue weighted by Gasteiger charge is 2.23. The Morgan fingerprint density at radius 1 is 1.03 bits per heavy atom. The summed E-state index contributed by atoms with van der Waals surface area (Å²) < 4.78 is 5.58. The van der Waals surface area contributed by atoms with Gasteiger partial charge in [-0.1, -0.05) is 25.0 Å². The molecule has 29 heavy (non-hydrogen) atoms. The van der Waals surface area contributed by atoms with Crippen molar-refractivity contribution < 1.29 is 14.3 Å².